The zero-order valence-electron chi connectivity index (χ0n) is 17.5. The van der Waals surface area contributed by atoms with Crippen LogP contribution in [0.4, 0.5) is 24.5 Å². The summed E-state index contributed by atoms with van der Waals surface area (Å²) in [7, 11) is 0. The van der Waals surface area contributed by atoms with Gasteiger partial charge in [-0.15, -0.1) is 0 Å². The average molecular weight is 577 g/mol. The number of oxime groups is 1. The Labute approximate surface area is 202 Å². The summed E-state index contributed by atoms with van der Waals surface area (Å²) < 4.78 is 44.6. The van der Waals surface area contributed by atoms with Crippen molar-refractivity contribution in [2.24, 2.45) is 11.1 Å². The Morgan fingerprint density at radius 3 is 2.67 bits per heavy atom. The van der Waals surface area contributed by atoms with Crippen LogP contribution in [-0.2, 0) is 9.68 Å². The van der Waals surface area contributed by atoms with E-state index in [4.69, 9.17) is 14.8 Å². The summed E-state index contributed by atoms with van der Waals surface area (Å²) in [5.74, 6) is -3.94. The molecule has 2 aromatic carbocycles. The molecule has 0 heterocycles. The summed E-state index contributed by atoms with van der Waals surface area (Å²) in [4.78, 5) is 22.8. The van der Waals surface area contributed by atoms with Crippen molar-refractivity contribution in [3.8, 4) is 0 Å². The first-order chi connectivity index (χ1) is 15.9. The van der Waals surface area contributed by atoms with E-state index in [0.29, 0.717) is 16.1 Å². The molecule has 1 aliphatic rings. The minimum atomic E-state index is -1.40. The molecule has 1 saturated carbocycles. The van der Waals surface area contributed by atoms with Gasteiger partial charge in [0.1, 0.15) is 12.4 Å². The lowest BCUT2D eigenvalue weighted by atomic mass is 10.1. The molecule has 7 nitrogen and oxygen atoms in total. The van der Waals surface area contributed by atoms with Gasteiger partial charge in [0, 0.05) is 9.13 Å². The highest BCUT2D eigenvalue weighted by Crippen LogP contribution is 2.30. The second-order valence-corrected chi connectivity index (χ2v) is 8.70. The number of nitrogens with one attached hydrogen (secondary N) is 2. The second-order valence-electron chi connectivity index (χ2n) is 7.45. The number of carbonyl (C=O) groups excluding carboxylic acids is 1. The summed E-state index contributed by atoms with van der Waals surface area (Å²) in [6.45, 7) is -0.160. The lowest BCUT2D eigenvalue weighted by Gasteiger charge is -2.16. The molecule has 3 rings (SSSR count). The predicted octanol–water partition coefficient (Wildman–Crippen LogP) is 4.65. The van der Waals surface area contributed by atoms with Crippen molar-refractivity contribution in [2.75, 3.05) is 25.1 Å². The van der Waals surface area contributed by atoms with Crippen LogP contribution in [0.15, 0.2) is 29.4 Å². The second kappa shape index (κ2) is 12.2. The van der Waals surface area contributed by atoms with Gasteiger partial charge in [-0.05, 0) is 65.6 Å². The Morgan fingerprint density at radius 1 is 1.21 bits per heavy atom. The van der Waals surface area contributed by atoms with Crippen molar-refractivity contribution in [3.63, 3.8) is 0 Å². The van der Waals surface area contributed by atoms with Gasteiger partial charge in [0.05, 0.1) is 36.4 Å². The minimum Gasteiger partial charge on any atom is -0.393 e. The van der Waals surface area contributed by atoms with E-state index in [1.165, 1.54) is 12.1 Å². The van der Waals surface area contributed by atoms with Crippen LogP contribution in [0.2, 0.25) is 0 Å². The van der Waals surface area contributed by atoms with Crippen molar-refractivity contribution in [1.29, 1.82) is 0 Å². The van der Waals surface area contributed by atoms with Crippen LogP contribution in [0.1, 0.15) is 41.6 Å². The van der Waals surface area contributed by atoms with Crippen LogP contribution in [0.3, 0.4) is 0 Å². The summed E-state index contributed by atoms with van der Waals surface area (Å²) in [6, 6.07) is 5.18. The van der Waals surface area contributed by atoms with E-state index in [1.54, 1.807) is 6.07 Å². The molecule has 0 saturated heterocycles. The predicted molar refractivity (Wildman–Crippen MR) is 125 cm³/mol. The number of hydrogen-bond donors (Lipinski definition) is 3. The maximum atomic E-state index is 15.0. The van der Waals surface area contributed by atoms with Gasteiger partial charge in [-0.3, -0.25) is 9.63 Å². The molecule has 3 N–H and O–H groups in total. The van der Waals surface area contributed by atoms with E-state index >= 15 is 0 Å². The Balaban J connectivity index is 1.90. The quantitative estimate of drug-likeness (QED) is 0.166. The van der Waals surface area contributed by atoms with Crippen molar-refractivity contribution >= 4 is 46.1 Å². The van der Waals surface area contributed by atoms with Gasteiger partial charge in [-0.25, -0.2) is 18.7 Å². The first-order valence-electron chi connectivity index (χ1n) is 10.3. The standard InChI is InChI=1S/C22H23F3IN3O4/c23-17-10-15(26)5-6-18(17)28-21-16(22(31)29-33-12-13-3-1-2-4-13)9-14(19(24)20(21)25)11-27-32-8-7-30/h5-6,9-11,13,28,30H,1-4,7-8,12H2,(H,29,31)/b27-11+. The molecule has 0 aromatic heterocycles. The number of hydrogen-bond acceptors (Lipinski definition) is 6. The summed E-state index contributed by atoms with van der Waals surface area (Å²) in [5, 5.41) is 14.6. The van der Waals surface area contributed by atoms with Crippen molar-refractivity contribution in [1.82, 2.24) is 5.48 Å². The molecule has 0 spiro atoms. The smallest absolute Gasteiger partial charge is 0.277 e. The maximum Gasteiger partial charge on any atom is 0.277 e. The monoisotopic (exact) mass is 577 g/mol. The number of aliphatic hydroxyl groups excluding tert-OH is 1. The Bertz CT molecular complexity index is 1020. The van der Waals surface area contributed by atoms with E-state index < -0.39 is 29.0 Å². The van der Waals surface area contributed by atoms with Gasteiger partial charge in [-0.1, -0.05) is 18.0 Å². The number of benzene rings is 2. The van der Waals surface area contributed by atoms with Crippen LogP contribution in [0.25, 0.3) is 0 Å². The van der Waals surface area contributed by atoms with Crippen LogP contribution < -0.4 is 10.8 Å². The number of aliphatic hydroxyl groups is 1. The van der Waals surface area contributed by atoms with E-state index in [1.807, 2.05) is 22.6 Å². The fourth-order valence-electron chi connectivity index (χ4n) is 3.41. The number of carbonyl (C=O) groups is 1. The molecule has 0 atom stereocenters. The molecule has 1 aliphatic carbocycles. The first kappa shape index (κ1) is 25.2. The third-order valence-corrected chi connectivity index (χ3v) is 5.75. The summed E-state index contributed by atoms with van der Waals surface area (Å²) >= 11 is 1.91. The molecule has 0 unspecified atom stereocenters. The third-order valence-electron chi connectivity index (χ3n) is 5.08. The summed E-state index contributed by atoms with van der Waals surface area (Å²) in [6.07, 6.45) is 5.06. The molecule has 11 heteroatoms. The van der Waals surface area contributed by atoms with Crippen LogP contribution in [0.5, 0.6) is 0 Å². The average Bonchev–Trinajstić information content (AvgIpc) is 3.30. The molecule has 1 fully saturated rings. The minimum absolute atomic E-state index is 0.137. The molecular formula is C22H23F3IN3O4. The number of hydroxylamine groups is 1. The zero-order chi connectivity index (χ0) is 23.8. The third kappa shape index (κ3) is 6.81. The SMILES string of the molecule is O=C(NOCC1CCCC1)c1cc(/C=N/OCCO)c(F)c(F)c1Nc1ccc(I)cc1F. The summed E-state index contributed by atoms with van der Waals surface area (Å²) in [5.41, 5.74) is 0.872. The topological polar surface area (TPSA) is 92.2 Å². The highest BCUT2D eigenvalue weighted by atomic mass is 127. The van der Waals surface area contributed by atoms with Gasteiger partial charge in [0.15, 0.2) is 11.6 Å². The van der Waals surface area contributed by atoms with E-state index in [9.17, 15) is 18.0 Å². The lowest BCUT2D eigenvalue weighted by molar-refractivity contribution is 0.0171. The lowest BCUT2D eigenvalue weighted by Crippen LogP contribution is -2.27. The van der Waals surface area contributed by atoms with E-state index in [-0.39, 0.29) is 30.0 Å². The van der Waals surface area contributed by atoms with Gasteiger partial charge in [0.25, 0.3) is 5.91 Å². The number of amides is 1. The first-order valence-corrected chi connectivity index (χ1v) is 11.4. The number of nitrogens with zero attached hydrogens (tertiary/aromatic N) is 1. The van der Waals surface area contributed by atoms with Crippen molar-refractivity contribution in [3.05, 3.63) is 56.4 Å². The highest BCUT2D eigenvalue weighted by Gasteiger charge is 2.24. The van der Waals surface area contributed by atoms with Crippen LogP contribution in [0, 0.1) is 26.9 Å². The number of anilines is 2. The molecule has 2 aromatic rings. The normalized spacial score (nSPS) is 14.1. The van der Waals surface area contributed by atoms with E-state index in [0.717, 1.165) is 38.0 Å². The number of rotatable bonds is 10. The molecule has 1 amide bonds. The maximum absolute atomic E-state index is 15.0. The van der Waals surface area contributed by atoms with Crippen LogP contribution >= 0.6 is 22.6 Å². The van der Waals surface area contributed by atoms with Gasteiger partial charge >= 0.3 is 0 Å². The molecule has 178 valence electrons. The largest absolute Gasteiger partial charge is 0.393 e. The molecule has 33 heavy (non-hydrogen) atoms. The number of halogens is 4. The zero-order valence-corrected chi connectivity index (χ0v) is 19.7. The van der Waals surface area contributed by atoms with Crippen molar-refractivity contribution in [2.45, 2.75) is 25.7 Å². The van der Waals surface area contributed by atoms with Gasteiger partial charge in [-0.2, -0.15) is 0 Å². The fraction of sp³-hybridized carbons (Fsp3) is 0.364. The highest BCUT2D eigenvalue weighted by molar-refractivity contribution is 14.1. The van der Waals surface area contributed by atoms with Crippen LogP contribution in [-0.4, -0.2) is 37.0 Å². The Hall–Kier alpha value is -2.38. The molecular weight excluding hydrogens is 554 g/mol. The van der Waals surface area contributed by atoms with Gasteiger partial charge < -0.3 is 15.3 Å². The van der Waals surface area contributed by atoms with E-state index in [2.05, 4.69) is 16.0 Å². The molecule has 0 aliphatic heterocycles. The molecule has 0 radical (unpaired) electrons. The fourth-order valence-corrected chi connectivity index (χ4v) is 3.86. The Morgan fingerprint density at radius 2 is 1.97 bits per heavy atom. The molecule has 0 bridgehead atoms. The van der Waals surface area contributed by atoms with Gasteiger partial charge in [0.2, 0.25) is 0 Å². The van der Waals surface area contributed by atoms with Crippen molar-refractivity contribution < 1.29 is 32.7 Å². The Kier molecular flexibility index (Phi) is 9.32.